The highest BCUT2D eigenvalue weighted by Gasteiger charge is 2.15. The van der Waals surface area contributed by atoms with Crippen molar-refractivity contribution in [2.24, 2.45) is 0 Å². The Morgan fingerprint density at radius 3 is 2.19 bits per heavy atom. The van der Waals surface area contributed by atoms with Crippen LogP contribution in [0.4, 0.5) is 0 Å². The summed E-state index contributed by atoms with van der Waals surface area (Å²) >= 11 is 0. The monoisotopic (exact) mass is 221 g/mol. The summed E-state index contributed by atoms with van der Waals surface area (Å²) in [7, 11) is 0. The van der Waals surface area contributed by atoms with Crippen molar-refractivity contribution in [1.29, 1.82) is 0 Å². The Kier molecular flexibility index (Phi) is 5.94. The summed E-state index contributed by atoms with van der Waals surface area (Å²) in [4.78, 5) is 2.36. The molecular formula is C14H23NO. The van der Waals surface area contributed by atoms with Crippen LogP contribution >= 0.6 is 0 Å². The molecule has 0 aliphatic rings. The molecule has 0 bridgehead atoms. The second-order valence-electron chi connectivity index (χ2n) is 3.90. The largest absolute Gasteiger partial charge is 0.475 e. The van der Waals surface area contributed by atoms with E-state index >= 15 is 0 Å². The minimum Gasteiger partial charge on any atom is -0.475 e. The minimum absolute atomic E-state index is 0.211. The van der Waals surface area contributed by atoms with Gasteiger partial charge in [0.15, 0.2) is 6.23 Å². The Bertz CT molecular complexity index is 269. The molecular weight excluding hydrogens is 198 g/mol. The summed E-state index contributed by atoms with van der Waals surface area (Å²) in [6.45, 7) is 8.63. The molecule has 0 saturated heterocycles. The summed E-state index contributed by atoms with van der Waals surface area (Å²) in [5.41, 5.74) is 0. The first-order valence-electron chi connectivity index (χ1n) is 6.27. The summed E-state index contributed by atoms with van der Waals surface area (Å²) in [6, 6.07) is 10.1. The van der Waals surface area contributed by atoms with Gasteiger partial charge in [-0.3, -0.25) is 4.90 Å². The van der Waals surface area contributed by atoms with E-state index in [1.807, 2.05) is 30.3 Å². The van der Waals surface area contributed by atoms with E-state index in [0.29, 0.717) is 0 Å². The Morgan fingerprint density at radius 1 is 1.06 bits per heavy atom. The quantitative estimate of drug-likeness (QED) is 0.653. The van der Waals surface area contributed by atoms with Crippen LogP contribution in [0.15, 0.2) is 30.3 Å². The molecule has 0 aliphatic carbocycles. The molecule has 2 heteroatoms. The Morgan fingerprint density at radius 2 is 1.69 bits per heavy atom. The normalized spacial score (nSPS) is 12.8. The van der Waals surface area contributed by atoms with Crippen molar-refractivity contribution in [3.8, 4) is 5.75 Å². The maximum absolute atomic E-state index is 6.02. The lowest BCUT2D eigenvalue weighted by atomic mass is 10.2. The van der Waals surface area contributed by atoms with Crippen LogP contribution < -0.4 is 4.74 Å². The molecule has 0 spiro atoms. The molecule has 0 radical (unpaired) electrons. The van der Waals surface area contributed by atoms with Crippen LogP contribution in [0, 0.1) is 0 Å². The SMILES string of the molecule is CCCC(Oc1ccccc1)N(CC)CC. The van der Waals surface area contributed by atoms with E-state index in [1.54, 1.807) is 0 Å². The van der Waals surface area contributed by atoms with Gasteiger partial charge in [-0.2, -0.15) is 0 Å². The first kappa shape index (κ1) is 13.0. The van der Waals surface area contributed by atoms with Gasteiger partial charge in [0.05, 0.1) is 0 Å². The zero-order valence-electron chi connectivity index (χ0n) is 10.6. The highest BCUT2D eigenvalue weighted by molar-refractivity contribution is 5.21. The fourth-order valence-corrected chi connectivity index (χ4v) is 1.85. The molecule has 0 amide bonds. The van der Waals surface area contributed by atoms with Crippen LogP contribution in [0.5, 0.6) is 5.75 Å². The molecule has 1 aromatic carbocycles. The average Bonchev–Trinajstić information content (AvgIpc) is 2.32. The van der Waals surface area contributed by atoms with Crippen LogP contribution in [-0.4, -0.2) is 24.2 Å². The lowest BCUT2D eigenvalue weighted by molar-refractivity contribution is 0.0255. The minimum atomic E-state index is 0.211. The van der Waals surface area contributed by atoms with E-state index in [2.05, 4.69) is 25.7 Å². The van der Waals surface area contributed by atoms with Crippen LogP contribution in [-0.2, 0) is 0 Å². The van der Waals surface area contributed by atoms with Gasteiger partial charge in [0.2, 0.25) is 0 Å². The van der Waals surface area contributed by atoms with Gasteiger partial charge < -0.3 is 4.74 Å². The van der Waals surface area contributed by atoms with Crippen LogP contribution in [0.1, 0.15) is 33.6 Å². The van der Waals surface area contributed by atoms with E-state index in [4.69, 9.17) is 4.74 Å². The highest BCUT2D eigenvalue weighted by atomic mass is 16.5. The number of nitrogens with zero attached hydrogens (tertiary/aromatic N) is 1. The van der Waals surface area contributed by atoms with Crippen molar-refractivity contribution < 1.29 is 4.74 Å². The third-order valence-corrected chi connectivity index (χ3v) is 2.77. The second-order valence-corrected chi connectivity index (χ2v) is 3.90. The molecule has 0 saturated carbocycles. The summed E-state index contributed by atoms with van der Waals surface area (Å²) in [6.07, 6.45) is 2.44. The molecule has 0 heterocycles. The van der Waals surface area contributed by atoms with Crippen molar-refractivity contribution >= 4 is 0 Å². The standard InChI is InChI=1S/C14H23NO/c1-4-10-14(15(5-2)6-3)16-13-11-8-7-9-12-13/h7-9,11-12,14H,4-6,10H2,1-3H3. The molecule has 2 nitrogen and oxygen atoms in total. The zero-order valence-corrected chi connectivity index (χ0v) is 10.6. The predicted molar refractivity (Wildman–Crippen MR) is 68.7 cm³/mol. The van der Waals surface area contributed by atoms with Crippen molar-refractivity contribution in [2.45, 2.75) is 39.8 Å². The van der Waals surface area contributed by atoms with Gasteiger partial charge in [-0.15, -0.1) is 0 Å². The van der Waals surface area contributed by atoms with Gasteiger partial charge >= 0.3 is 0 Å². The summed E-state index contributed by atoms with van der Waals surface area (Å²) in [5, 5.41) is 0. The van der Waals surface area contributed by atoms with Crippen molar-refractivity contribution in [1.82, 2.24) is 4.90 Å². The predicted octanol–water partition coefficient (Wildman–Crippen LogP) is 3.53. The topological polar surface area (TPSA) is 12.5 Å². The first-order valence-corrected chi connectivity index (χ1v) is 6.27. The maximum atomic E-state index is 6.02. The second kappa shape index (κ2) is 7.29. The lowest BCUT2D eigenvalue weighted by Gasteiger charge is -2.29. The maximum Gasteiger partial charge on any atom is 0.152 e. The van der Waals surface area contributed by atoms with Gasteiger partial charge in [-0.05, 0) is 31.6 Å². The third kappa shape index (κ3) is 3.86. The van der Waals surface area contributed by atoms with Crippen molar-refractivity contribution in [2.75, 3.05) is 13.1 Å². The van der Waals surface area contributed by atoms with Gasteiger partial charge in [0.1, 0.15) is 5.75 Å². The Balaban J connectivity index is 2.63. The average molecular weight is 221 g/mol. The molecule has 0 fully saturated rings. The number of benzene rings is 1. The van der Waals surface area contributed by atoms with E-state index in [-0.39, 0.29) is 6.23 Å². The fourth-order valence-electron chi connectivity index (χ4n) is 1.85. The fraction of sp³-hybridized carbons (Fsp3) is 0.571. The van der Waals surface area contributed by atoms with Gasteiger partial charge in [-0.1, -0.05) is 45.4 Å². The zero-order chi connectivity index (χ0) is 11.8. The number of rotatable bonds is 7. The number of ether oxygens (including phenoxy) is 1. The highest BCUT2D eigenvalue weighted by Crippen LogP contribution is 2.15. The molecule has 90 valence electrons. The Hall–Kier alpha value is -1.02. The third-order valence-electron chi connectivity index (χ3n) is 2.77. The molecule has 1 aromatic rings. The number of hydrogen-bond acceptors (Lipinski definition) is 2. The van der Waals surface area contributed by atoms with Crippen LogP contribution in [0.3, 0.4) is 0 Å². The lowest BCUT2D eigenvalue weighted by Crippen LogP contribution is -2.39. The van der Waals surface area contributed by atoms with E-state index in [1.165, 1.54) is 0 Å². The van der Waals surface area contributed by atoms with Gasteiger partial charge in [0.25, 0.3) is 0 Å². The molecule has 16 heavy (non-hydrogen) atoms. The van der Waals surface area contributed by atoms with E-state index < -0.39 is 0 Å². The van der Waals surface area contributed by atoms with E-state index in [0.717, 1.165) is 31.7 Å². The van der Waals surface area contributed by atoms with Crippen LogP contribution in [0.25, 0.3) is 0 Å². The van der Waals surface area contributed by atoms with Gasteiger partial charge in [-0.25, -0.2) is 0 Å². The summed E-state index contributed by atoms with van der Waals surface area (Å²) in [5.74, 6) is 0.966. The number of hydrogen-bond donors (Lipinski definition) is 0. The molecule has 0 N–H and O–H groups in total. The molecule has 1 unspecified atom stereocenters. The number of para-hydroxylation sites is 1. The smallest absolute Gasteiger partial charge is 0.152 e. The molecule has 1 atom stereocenters. The van der Waals surface area contributed by atoms with Gasteiger partial charge in [0, 0.05) is 0 Å². The molecule has 1 rings (SSSR count). The first-order chi connectivity index (χ1) is 7.81. The van der Waals surface area contributed by atoms with Crippen LogP contribution in [0.2, 0.25) is 0 Å². The Labute approximate surface area is 99.2 Å². The molecule has 0 aliphatic heterocycles. The van der Waals surface area contributed by atoms with Crippen molar-refractivity contribution in [3.05, 3.63) is 30.3 Å². The van der Waals surface area contributed by atoms with E-state index in [9.17, 15) is 0 Å². The summed E-state index contributed by atoms with van der Waals surface area (Å²) < 4.78 is 6.02. The van der Waals surface area contributed by atoms with Crippen molar-refractivity contribution in [3.63, 3.8) is 0 Å². The molecule has 0 aromatic heterocycles.